The minimum atomic E-state index is -0.894. The van der Waals surface area contributed by atoms with Gasteiger partial charge < -0.3 is 42.1 Å². The Morgan fingerprint density at radius 2 is 1.15 bits per heavy atom. The Morgan fingerprint density at radius 1 is 0.638 bits per heavy atom. The highest BCUT2D eigenvalue weighted by Gasteiger charge is 2.05. The molecule has 0 saturated heterocycles. The number of furan rings is 4. The second-order valence-electron chi connectivity index (χ2n) is 9.58. The minimum absolute atomic E-state index is 0.00368. The summed E-state index contributed by atoms with van der Waals surface area (Å²) < 4.78 is 34.2. The van der Waals surface area contributed by atoms with Crippen LogP contribution in [-0.2, 0) is 62.6 Å². The highest BCUT2D eigenvalue weighted by atomic mass is 16.6. The fraction of sp³-hybridized carbons (Fsp3) is 0.412. The van der Waals surface area contributed by atoms with Crippen molar-refractivity contribution >= 4 is 25.4 Å². The van der Waals surface area contributed by atoms with Crippen molar-refractivity contribution < 1.29 is 61.3 Å². The van der Waals surface area contributed by atoms with E-state index >= 15 is 0 Å². The molecule has 0 aliphatic carbocycles. The first kappa shape index (κ1) is 40.0. The smallest absolute Gasteiger partial charge is 0.303 e. The summed E-state index contributed by atoms with van der Waals surface area (Å²) in [5.41, 5.74) is 0. The van der Waals surface area contributed by atoms with Crippen molar-refractivity contribution in [3.63, 3.8) is 0 Å². The SMILES string of the molecule is CCCCc1ccc(OC=O)o1.CCCc1ccc(CO)o1.CCc1ccc(CCOC=O)o1.O=COc1ccc(CCC(=O)O)o1. The van der Waals surface area contributed by atoms with Crippen LogP contribution in [0.5, 0.6) is 11.9 Å². The highest BCUT2D eigenvalue weighted by molar-refractivity contribution is 5.66. The maximum atomic E-state index is 10.2. The predicted octanol–water partition coefficient (Wildman–Crippen LogP) is 6.27. The van der Waals surface area contributed by atoms with Crippen LogP contribution in [0.25, 0.3) is 0 Å². The van der Waals surface area contributed by atoms with Crippen molar-refractivity contribution in [1.29, 1.82) is 0 Å². The highest BCUT2D eigenvalue weighted by Crippen LogP contribution is 2.17. The number of rotatable bonds is 18. The lowest BCUT2D eigenvalue weighted by Gasteiger charge is -1.94. The average Bonchev–Trinajstić information content (AvgIpc) is 3.89. The largest absolute Gasteiger partial charge is 0.481 e. The third kappa shape index (κ3) is 18.5. The first-order valence-corrected chi connectivity index (χ1v) is 15.2. The molecule has 47 heavy (non-hydrogen) atoms. The molecule has 0 atom stereocenters. The van der Waals surface area contributed by atoms with Gasteiger partial charge in [0.05, 0.1) is 13.0 Å². The molecular weight excluding hydrogens is 616 g/mol. The van der Waals surface area contributed by atoms with Crippen molar-refractivity contribution in [3.8, 4) is 11.9 Å². The third-order valence-electron chi connectivity index (χ3n) is 5.93. The molecule has 0 amide bonds. The van der Waals surface area contributed by atoms with Gasteiger partial charge in [0.2, 0.25) is 0 Å². The van der Waals surface area contributed by atoms with Gasteiger partial charge in [-0.15, -0.1) is 0 Å². The van der Waals surface area contributed by atoms with Crippen LogP contribution in [0, 0.1) is 0 Å². The van der Waals surface area contributed by atoms with E-state index in [4.69, 9.17) is 27.9 Å². The number of carbonyl (C=O) groups is 4. The Kier molecular flexibility index (Phi) is 21.4. The number of hydrogen-bond donors (Lipinski definition) is 2. The van der Waals surface area contributed by atoms with Crippen LogP contribution in [0.3, 0.4) is 0 Å². The normalized spacial score (nSPS) is 9.79. The monoisotopic (exact) mass is 660 g/mol. The number of aliphatic carboxylic acids is 1. The van der Waals surface area contributed by atoms with Gasteiger partial charge in [-0.25, -0.2) is 0 Å². The van der Waals surface area contributed by atoms with E-state index in [9.17, 15) is 19.2 Å². The number of carboxylic acids is 1. The summed E-state index contributed by atoms with van der Waals surface area (Å²) in [5.74, 6) is 4.27. The molecule has 0 radical (unpaired) electrons. The fourth-order valence-corrected chi connectivity index (χ4v) is 3.63. The quantitative estimate of drug-likeness (QED) is 0.0898. The molecule has 0 aliphatic rings. The van der Waals surface area contributed by atoms with E-state index in [0.29, 0.717) is 37.5 Å². The molecule has 0 unspecified atom stereocenters. The number of aliphatic hydroxyl groups excluding tert-OH is 1. The zero-order chi connectivity index (χ0) is 34.7. The van der Waals surface area contributed by atoms with Gasteiger partial charge in [-0.3, -0.25) is 19.2 Å². The van der Waals surface area contributed by atoms with E-state index in [1.807, 2.05) is 37.3 Å². The molecule has 4 aromatic heterocycles. The zero-order valence-corrected chi connectivity index (χ0v) is 27.0. The first-order valence-electron chi connectivity index (χ1n) is 15.2. The number of carbonyl (C=O) groups excluding carboxylic acids is 3. The molecule has 0 saturated carbocycles. The van der Waals surface area contributed by atoms with Gasteiger partial charge in [-0.05, 0) is 49.2 Å². The molecule has 4 rings (SSSR count). The fourth-order valence-electron chi connectivity index (χ4n) is 3.63. The van der Waals surface area contributed by atoms with Gasteiger partial charge in [0, 0.05) is 44.2 Å². The number of aryl methyl sites for hydroxylation is 4. The standard InChI is InChI=1S/2C9H12O3.C8H8O5.C8H12O2/c1-2-8-3-4-9(12-8)5-6-11-7-10;1-2-3-4-8-5-6-9(12-8)11-7-10;9-5-12-8-4-2-6(13-8)1-3-7(10)11;1-2-3-7-4-5-8(6-9)10-7/h3-4,7H,2,5-6H2,1H3;5-7H,2-4H2,1H3;2,4-5H,1,3H2,(H,10,11);4-5,9H,2-3,6H2,1H3. The van der Waals surface area contributed by atoms with Gasteiger partial charge in [-0.2, -0.15) is 0 Å². The number of aliphatic hydroxyl groups is 1. The maximum absolute atomic E-state index is 10.2. The molecule has 0 aliphatic heterocycles. The summed E-state index contributed by atoms with van der Waals surface area (Å²) in [5, 5.41) is 17.0. The zero-order valence-electron chi connectivity index (χ0n) is 27.0. The van der Waals surface area contributed by atoms with Crippen LogP contribution in [-0.4, -0.2) is 42.2 Å². The molecule has 0 bridgehead atoms. The van der Waals surface area contributed by atoms with E-state index in [1.165, 1.54) is 6.07 Å². The minimum Gasteiger partial charge on any atom is -0.481 e. The summed E-state index contributed by atoms with van der Waals surface area (Å²) >= 11 is 0. The lowest BCUT2D eigenvalue weighted by Crippen LogP contribution is -1.96. The number of ether oxygens (including phenoxy) is 3. The van der Waals surface area contributed by atoms with Crippen LogP contribution < -0.4 is 9.47 Å². The number of carboxylic acid groups (broad SMARTS) is 1. The van der Waals surface area contributed by atoms with Crippen LogP contribution in [0.2, 0.25) is 0 Å². The van der Waals surface area contributed by atoms with Crippen LogP contribution in [0.4, 0.5) is 0 Å². The Bertz CT molecular complexity index is 1390. The van der Waals surface area contributed by atoms with Gasteiger partial charge in [0.15, 0.2) is 0 Å². The Hall–Kier alpha value is -5.04. The predicted molar refractivity (Wildman–Crippen MR) is 168 cm³/mol. The summed E-state index contributed by atoms with van der Waals surface area (Å²) in [6, 6.07) is 14.1. The van der Waals surface area contributed by atoms with E-state index in [2.05, 4.69) is 28.1 Å². The molecule has 2 N–H and O–H groups in total. The molecule has 258 valence electrons. The molecule has 0 spiro atoms. The molecule has 4 aromatic rings. The lowest BCUT2D eigenvalue weighted by molar-refractivity contribution is -0.137. The third-order valence-corrected chi connectivity index (χ3v) is 5.93. The summed E-state index contributed by atoms with van der Waals surface area (Å²) in [6.07, 6.45) is 6.99. The van der Waals surface area contributed by atoms with Crippen LogP contribution in [0.1, 0.15) is 81.0 Å². The summed E-state index contributed by atoms with van der Waals surface area (Å²) in [7, 11) is 0. The average molecular weight is 661 g/mol. The number of hydrogen-bond acceptors (Lipinski definition) is 12. The molecule has 13 nitrogen and oxygen atoms in total. The Labute approximate surface area is 273 Å². The summed E-state index contributed by atoms with van der Waals surface area (Å²) in [4.78, 5) is 39.8. The topological polar surface area (TPSA) is 189 Å². The van der Waals surface area contributed by atoms with Gasteiger partial charge in [-0.1, -0.05) is 27.2 Å². The molecular formula is C34H44O13. The van der Waals surface area contributed by atoms with Crippen molar-refractivity contribution in [2.45, 2.75) is 85.2 Å². The second kappa shape index (κ2) is 25.2. The van der Waals surface area contributed by atoms with Crippen LogP contribution >= 0.6 is 0 Å². The van der Waals surface area contributed by atoms with Crippen molar-refractivity contribution in [1.82, 2.24) is 0 Å². The van der Waals surface area contributed by atoms with Crippen molar-refractivity contribution in [2.75, 3.05) is 6.61 Å². The molecule has 4 heterocycles. The van der Waals surface area contributed by atoms with Gasteiger partial charge in [0.1, 0.15) is 41.2 Å². The molecule has 13 heteroatoms. The van der Waals surface area contributed by atoms with Crippen LogP contribution in [0.15, 0.2) is 66.2 Å². The van der Waals surface area contributed by atoms with Crippen molar-refractivity contribution in [3.05, 3.63) is 83.1 Å². The van der Waals surface area contributed by atoms with E-state index in [0.717, 1.165) is 61.6 Å². The Morgan fingerprint density at radius 3 is 1.62 bits per heavy atom. The van der Waals surface area contributed by atoms with E-state index < -0.39 is 5.97 Å². The van der Waals surface area contributed by atoms with Gasteiger partial charge in [0.25, 0.3) is 18.4 Å². The van der Waals surface area contributed by atoms with Gasteiger partial charge >= 0.3 is 18.9 Å². The Balaban J connectivity index is 0.000000315. The summed E-state index contributed by atoms with van der Waals surface area (Å²) in [6.45, 7) is 7.70. The lowest BCUT2D eigenvalue weighted by atomic mass is 10.2. The second-order valence-corrected chi connectivity index (χ2v) is 9.58. The molecule has 0 fully saturated rings. The molecule has 0 aromatic carbocycles. The van der Waals surface area contributed by atoms with Crippen molar-refractivity contribution in [2.24, 2.45) is 0 Å². The van der Waals surface area contributed by atoms with E-state index in [1.54, 1.807) is 12.1 Å². The number of unbranched alkanes of at least 4 members (excludes halogenated alkanes) is 1. The van der Waals surface area contributed by atoms with E-state index in [-0.39, 0.29) is 37.8 Å². The maximum Gasteiger partial charge on any atom is 0.303 e. The first-order chi connectivity index (χ1) is 22.8.